The van der Waals surface area contributed by atoms with E-state index < -0.39 is 11.6 Å². The summed E-state index contributed by atoms with van der Waals surface area (Å²) in [6.07, 6.45) is 0. The highest BCUT2D eigenvalue weighted by molar-refractivity contribution is 9.10. The average Bonchev–Trinajstić information content (AvgIpc) is 2.41. The third-order valence-corrected chi connectivity index (χ3v) is 3.28. The number of hydrogen-bond acceptors (Lipinski definition) is 2. The van der Waals surface area contributed by atoms with E-state index in [2.05, 4.69) is 21.2 Å². The molecule has 0 atom stereocenters. The summed E-state index contributed by atoms with van der Waals surface area (Å²) in [7, 11) is 0. The summed E-state index contributed by atoms with van der Waals surface area (Å²) in [5, 5.41) is 11.6. The van der Waals surface area contributed by atoms with Crippen molar-refractivity contribution in [1.82, 2.24) is 5.32 Å². The molecule has 0 spiro atoms. The van der Waals surface area contributed by atoms with Crippen molar-refractivity contribution >= 4 is 15.9 Å². The van der Waals surface area contributed by atoms with Crippen molar-refractivity contribution in [3.63, 3.8) is 0 Å². The van der Waals surface area contributed by atoms with Gasteiger partial charge in [0, 0.05) is 23.1 Å². The number of rotatable bonds is 4. The minimum absolute atomic E-state index is 0.0178. The fourth-order valence-electron chi connectivity index (χ4n) is 1.82. The van der Waals surface area contributed by atoms with Crippen LogP contribution in [0, 0.1) is 23.0 Å². The van der Waals surface area contributed by atoms with Crippen LogP contribution >= 0.6 is 15.9 Å². The lowest BCUT2D eigenvalue weighted by Gasteiger charge is -2.08. The molecule has 2 rings (SSSR count). The predicted octanol–water partition coefficient (Wildman–Crippen LogP) is 3.89. The van der Waals surface area contributed by atoms with E-state index in [0.29, 0.717) is 6.54 Å². The van der Waals surface area contributed by atoms with Gasteiger partial charge in [0.2, 0.25) is 0 Å². The molecule has 0 amide bonds. The number of nitrogens with one attached hydrogen (secondary N) is 1. The van der Waals surface area contributed by atoms with Crippen molar-refractivity contribution in [2.75, 3.05) is 0 Å². The summed E-state index contributed by atoms with van der Waals surface area (Å²) in [4.78, 5) is 0. The molecule has 0 aliphatic carbocycles. The Kier molecular flexibility index (Phi) is 4.83. The van der Waals surface area contributed by atoms with E-state index in [4.69, 9.17) is 5.26 Å². The standard InChI is InChI=1S/C15H11BrF2N2/c16-12-3-1-2-10(4-12)8-20-9-13-14(17)5-11(7-19)6-15(13)18/h1-6,20H,8-9H2. The maximum absolute atomic E-state index is 13.6. The first-order chi connectivity index (χ1) is 9.60. The van der Waals surface area contributed by atoms with Crippen LogP contribution in [0.5, 0.6) is 0 Å². The van der Waals surface area contributed by atoms with E-state index in [1.54, 1.807) is 6.07 Å². The van der Waals surface area contributed by atoms with Gasteiger partial charge in [-0.05, 0) is 29.8 Å². The van der Waals surface area contributed by atoms with Crippen molar-refractivity contribution in [3.8, 4) is 6.07 Å². The Balaban J connectivity index is 2.03. The van der Waals surface area contributed by atoms with Gasteiger partial charge >= 0.3 is 0 Å². The molecule has 0 saturated carbocycles. The van der Waals surface area contributed by atoms with Gasteiger partial charge in [-0.15, -0.1) is 0 Å². The molecule has 2 aromatic carbocycles. The summed E-state index contributed by atoms with van der Waals surface area (Å²) < 4.78 is 28.2. The van der Waals surface area contributed by atoms with Crippen molar-refractivity contribution in [3.05, 3.63) is 69.2 Å². The molecule has 0 fully saturated rings. The summed E-state index contributed by atoms with van der Waals surface area (Å²) in [6.45, 7) is 0.564. The first-order valence-corrected chi connectivity index (χ1v) is 6.72. The zero-order chi connectivity index (χ0) is 14.5. The molecule has 0 aliphatic rings. The quantitative estimate of drug-likeness (QED) is 0.919. The van der Waals surface area contributed by atoms with Gasteiger partial charge in [-0.2, -0.15) is 5.26 Å². The second kappa shape index (κ2) is 6.60. The lowest BCUT2D eigenvalue weighted by atomic mass is 10.1. The Morgan fingerprint density at radius 3 is 2.40 bits per heavy atom. The van der Waals surface area contributed by atoms with Crippen molar-refractivity contribution in [1.29, 1.82) is 5.26 Å². The first kappa shape index (κ1) is 14.6. The molecule has 0 heterocycles. The number of nitrogens with zero attached hydrogens (tertiary/aromatic N) is 1. The molecule has 1 N–H and O–H groups in total. The largest absolute Gasteiger partial charge is 0.308 e. The molecule has 0 radical (unpaired) electrons. The van der Waals surface area contributed by atoms with Crippen LogP contribution in [0.2, 0.25) is 0 Å². The fourth-order valence-corrected chi connectivity index (χ4v) is 2.26. The minimum Gasteiger partial charge on any atom is -0.308 e. The van der Waals surface area contributed by atoms with Crippen molar-refractivity contribution in [2.24, 2.45) is 0 Å². The Bertz CT molecular complexity index is 642. The van der Waals surface area contributed by atoms with E-state index in [0.717, 1.165) is 22.2 Å². The Morgan fingerprint density at radius 1 is 1.10 bits per heavy atom. The number of nitriles is 1. The second-order valence-electron chi connectivity index (χ2n) is 4.26. The van der Waals surface area contributed by atoms with Gasteiger partial charge in [0.1, 0.15) is 11.6 Å². The molecule has 0 aromatic heterocycles. The lowest BCUT2D eigenvalue weighted by Crippen LogP contribution is -2.15. The smallest absolute Gasteiger partial charge is 0.131 e. The van der Waals surface area contributed by atoms with Gasteiger partial charge in [-0.1, -0.05) is 28.1 Å². The Labute approximate surface area is 124 Å². The molecule has 102 valence electrons. The third kappa shape index (κ3) is 3.62. The van der Waals surface area contributed by atoms with E-state index in [1.165, 1.54) is 0 Å². The SMILES string of the molecule is N#Cc1cc(F)c(CNCc2cccc(Br)c2)c(F)c1. The Hall–Kier alpha value is -1.77. The van der Waals surface area contributed by atoms with Gasteiger partial charge in [0.25, 0.3) is 0 Å². The molecule has 0 bridgehead atoms. The highest BCUT2D eigenvalue weighted by Crippen LogP contribution is 2.16. The van der Waals surface area contributed by atoms with Crippen LogP contribution in [-0.4, -0.2) is 0 Å². The maximum Gasteiger partial charge on any atom is 0.131 e. The van der Waals surface area contributed by atoms with Crippen LogP contribution in [-0.2, 0) is 13.1 Å². The van der Waals surface area contributed by atoms with E-state index in [1.807, 2.05) is 24.3 Å². The lowest BCUT2D eigenvalue weighted by molar-refractivity contribution is 0.535. The van der Waals surface area contributed by atoms with Crippen LogP contribution in [0.4, 0.5) is 8.78 Å². The second-order valence-corrected chi connectivity index (χ2v) is 5.18. The molecule has 0 unspecified atom stereocenters. The van der Waals surface area contributed by atoms with Crippen LogP contribution in [0.3, 0.4) is 0 Å². The minimum atomic E-state index is -0.705. The van der Waals surface area contributed by atoms with Gasteiger partial charge in [-0.25, -0.2) is 8.78 Å². The van der Waals surface area contributed by atoms with E-state index in [9.17, 15) is 8.78 Å². The highest BCUT2D eigenvalue weighted by atomic mass is 79.9. The molecule has 0 aliphatic heterocycles. The van der Waals surface area contributed by atoms with E-state index in [-0.39, 0.29) is 17.7 Å². The van der Waals surface area contributed by atoms with Crippen LogP contribution in [0.25, 0.3) is 0 Å². The number of halogens is 3. The van der Waals surface area contributed by atoms with Gasteiger partial charge in [0.05, 0.1) is 11.6 Å². The first-order valence-electron chi connectivity index (χ1n) is 5.93. The molecule has 2 nitrogen and oxygen atoms in total. The number of benzene rings is 2. The number of hydrogen-bond donors (Lipinski definition) is 1. The summed E-state index contributed by atoms with van der Waals surface area (Å²) >= 11 is 3.36. The van der Waals surface area contributed by atoms with Gasteiger partial charge in [-0.3, -0.25) is 0 Å². The Morgan fingerprint density at radius 2 is 1.80 bits per heavy atom. The third-order valence-electron chi connectivity index (χ3n) is 2.79. The topological polar surface area (TPSA) is 35.8 Å². The zero-order valence-electron chi connectivity index (χ0n) is 10.5. The molecular weight excluding hydrogens is 326 g/mol. The predicted molar refractivity (Wildman–Crippen MR) is 75.8 cm³/mol. The molecular formula is C15H11BrF2N2. The maximum atomic E-state index is 13.6. The molecule has 2 aromatic rings. The zero-order valence-corrected chi connectivity index (χ0v) is 12.0. The molecule has 20 heavy (non-hydrogen) atoms. The summed E-state index contributed by atoms with van der Waals surface area (Å²) in [6, 6.07) is 11.4. The normalized spacial score (nSPS) is 10.3. The fraction of sp³-hybridized carbons (Fsp3) is 0.133. The van der Waals surface area contributed by atoms with Crippen molar-refractivity contribution < 1.29 is 8.78 Å². The van der Waals surface area contributed by atoms with Crippen LogP contribution < -0.4 is 5.32 Å². The van der Waals surface area contributed by atoms with Gasteiger partial charge in [0.15, 0.2) is 0 Å². The van der Waals surface area contributed by atoms with Crippen LogP contribution in [0.15, 0.2) is 40.9 Å². The molecule has 5 heteroatoms. The summed E-state index contributed by atoms with van der Waals surface area (Å²) in [5.41, 5.74) is 0.934. The van der Waals surface area contributed by atoms with Crippen LogP contribution in [0.1, 0.15) is 16.7 Å². The van der Waals surface area contributed by atoms with E-state index >= 15 is 0 Å². The van der Waals surface area contributed by atoms with Crippen molar-refractivity contribution in [2.45, 2.75) is 13.1 Å². The average molecular weight is 337 g/mol. The van der Waals surface area contributed by atoms with Gasteiger partial charge < -0.3 is 5.32 Å². The molecule has 0 saturated heterocycles. The highest BCUT2D eigenvalue weighted by Gasteiger charge is 2.10. The monoisotopic (exact) mass is 336 g/mol. The summed E-state index contributed by atoms with van der Waals surface area (Å²) in [5.74, 6) is -1.41.